The Bertz CT molecular complexity index is 574. The molecule has 2 aromatic rings. The first-order valence-electron chi connectivity index (χ1n) is 6.76. The summed E-state index contributed by atoms with van der Waals surface area (Å²) in [6, 6.07) is 5.83. The van der Waals surface area contributed by atoms with Crippen molar-refractivity contribution >= 4 is 11.0 Å². The van der Waals surface area contributed by atoms with Gasteiger partial charge in [-0.3, -0.25) is 0 Å². The molecule has 4 heteroatoms. The highest BCUT2D eigenvalue weighted by Gasteiger charge is 2.23. The van der Waals surface area contributed by atoms with E-state index in [0.29, 0.717) is 11.7 Å². The van der Waals surface area contributed by atoms with Crippen LogP contribution in [0.3, 0.4) is 0 Å². The lowest BCUT2D eigenvalue weighted by Crippen LogP contribution is -2.31. The first kappa shape index (κ1) is 14.0. The molecule has 0 aliphatic carbocycles. The molecule has 0 fully saturated rings. The normalized spacial score (nSPS) is 15.1. The first-order valence-corrected chi connectivity index (χ1v) is 6.76. The van der Waals surface area contributed by atoms with Gasteiger partial charge in [0, 0.05) is 13.1 Å². The average Bonchev–Trinajstić information content (AvgIpc) is 2.64. The predicted octanol–water partition coefficient (Wildman–Crippen LogP) is 2.29. The molecule has 0 saturated carbocycles. The molecule has 0 saturated heterocycles. The van der Waals surface area contributed by atoms with Crippen molar-refractivity contribution < 1.29 is 5.11 Å². The Morgan fingerprint density at radius 1 is 1.37 bits per heavy atom. The molecule has 0 aliphatic rings. The Kier molecular flexibility index (Phi) is 3.92. The average molecular weight is 261 g/mol. The molecule has 4 nitrogen and oxygen atoms in total. The quantitative estimate of drug-likeness (QED) is 0.887. The molecule has 1 aromatic carbocycles. The topological polar surface area (TPSA) is 64.1 Å². The van der Waals surface area contributed by atoms with Crippen LogP contribution in [0.15, 0.2) is 18.2 Å². The molecule has 2 rings (SSSR count). The second kappa shape index (κ2) is 5.31. The van der Waals surface area contributed by atoms with Crippen molar-refractivity contribution in [3.05, 3.63) is 29.6 Å². The van der Waals surface area contributed by atoms with Gasteiger partial charge in [-0.25, -0.2) is 4.98 Å². The molecule has 0 radical (unpaired) electrons. The van der Waals surface area contributed by atoms with Crippen LogP contribution >= 0.6 is 0 Å². The smallest absolute Gasteiger partial charge is 0.140 e. The molecule has 2 atom stereocenters. The van der Waals surface area contributed by atoms with Crippen LogP contribution in [0.1, 0.15) is 37.8 Å². The van der Waals surface area contributed by atoms with Crippen LogP contribution in [0.25, 0.3) is 11.0 Å². The summed E-state index contributed by atoms with van der Waals surface area (Å²) < 4.78 is 1.93. The zero-order valence-corrected chi connectivity index (χ0v) is 12.1. The van der Waals surface area contributed by atoms with E-state index in [4.69, 9.17) is 5.73 Å². The van der Waals surface area contributed by atoms with E-state index >= 15 is 0 Å². The zero-order valence-electron chi connectivity index (χ0n) is 12.1. The number of nitrogens with zero attached hydrogens (tertiary/aromatic N) is 2. The highest BCUT2D eigenvalue weighted by Crippen LogP contribution is 2.24. The summed E-state index contributed by atoms with van der Waals surface area (Å²) >= 11 is 0. The van der Waals surface area contributed by atoms with Gasteiger partial charge in [0.15, 0.2) is 0 Å². The minimum absolute atomic E-state index is 0.281. The van der Waals surface area contributed by atoms with E-state index in [0.717, 1.165) is 23.0 Å². The van der Waals surface area contributed by atoms with Crippen LogP contribution in [0.2, 0.25) is 0 Å². The fourth-order valence-corrected chi connectivity index (χ4v) is 2.46. The molecule has 0 aliphatic heterocycles. The van der Waals surface area contributed by atoms with Gasteiger partial charge in [-0.05, 0) is 37.0 Å². The van der Waals surface area contributed by atoms with Crippen LogP contribution < -0.4 is 5.73 Å². The number of aliphatic hydroxyl groups excluding tert-OH is 1. The van der Waals surface area contributed by atoms with Gasteiger partial charge in [-0.15, -0.1) is 0 Å². The number of aryl methyl sites for hydroxylation is 2. The first-order chi connectivity index (χ1) is 8.90. The van der Waals surface area contributed by atoms with Crippen LogP contribution in [0.4, 0.5) is 0 Å². The Morgan fingerprint density at radius 2 is 2.05 bits per heavy atom. The second-order valence-corrected chi connectivity index (χ2v) is 5.76. The van der Waals surface area contributed by atoms with E-state index in [1.54, 1.807) is 0 Å². The van der Waals surface area contributed by atoms with Crippen molar-refractivity contribution in [2.24, 2.45) is 18.7 Å². The summed E-state index contributed by atoms with van der Waals surface area (Å²) in [7, 11) is 1.92. The summed E-state index contributed by atoms with van der Waals surface area (Å²) in [6.07, 6.45) is 0.0590. The minimum atomic E-state index is -0.722. The van der Waals surface area contributed by atoms with E-state index < -0.39 is 6.10 Å². The molecule has 0 amide bonds. The lowest BCUT2D eigenvalue weighted by Gasteiger charge is -2.20. The van der Waals surface area contributed by atoms with Crippen molar-refractivity contribution in [3.63, 3.8) is 0 Å². The highest BCUT2D eigenvalue weighted by atomic mass is 16.3. The van der Waals surface area contributed by atoms with Gasteiger partial charge in [0.1, 0.15) is 11.9 Å². The molecule has 1 unspecified atom stereocenters. The van der Waals surface area contributed by atoms with Crippen molar-refractivity contribution in [1.29, 1.82) is 0 Å². The van der Waals surface area contributed by atoms with Crippen LogP contribution in [0, 0.1) is 12.8 Å². The summed E-state index contributed by atoms with van der Waals surface area (Å²) in [4.78, 5) is 4.53. The Morgan fingerprint density at radius 3 is 2.68 bits per heavy atom. The van der Waals surface area contributed by atoms with Crippen LogP contribution in [-0.2, 0) is 7.05 Å². The number of fused-ring (bicyclic) bond motifs is 1. The third-order valence-electron chi connectivity index (χ3n) is 3.48. The molecular formula is C15H23N3O. The van der Waals surface area contributed by atoms with E-state index in [-0.39, 0.29) is 6.04 Å². The minimum Gasteiger partial charge on any atom is -0.384 e. The third-order valence-corrected chi connectivity index (χ3v) is 3.48. The maximum absolute atomic E-state index is 10.4. The highest BCUT2D eigenvalue weighted by molar-refractivity contribution is 5.76. The monoisotopic (exact) mass is 261 g/mol. The predicted molar refractivity (Wildman–Crippen MR) is 77.8 cm³/mol. The molecule has 1 aromatic heterocycles. The van der Waals surface area contributed by atoms with Gasteiger partial charge in [-0.2, -0.15) is 0 Å². The second-order valence-electron chi connectivity index (χ2n) is 5.76. The number of hydrogen-bond donors (Lipinski definition) is 2. The van der Waals surface area contributed by atoms with Gasteiger partial charge in [0.25, 0.3) is 0 Å². The number of benzene rings is 1. The van der Waals surface area contributed by atoms with Crippen molar-refractivity contribution in [3.8, 4) is 0 Å². The number of imidazole rings is 1. The van der Waals surface area contributed by atoms with Gasteiger partial charge < -0.3 is 15.4 Å². The summed E-state index contributed by atoms with van der Waals surface area (Å²) in [5.74, 6) is 1.11. The largest absolute Gasteiger partial charge is 0.384 e. The Labute approximate surface area is 114 Å². The van der Waals surface area contributed by atoms with Gasteiger partial charge >= 0.3 is 0 Å². The van der Waals surface area contributed by atoms with Crippen LogP contribution in [-0.4, -0.2) is 20.7 Å². The van der Waals surface area contributed by atoms with Gasteiger partial charge in [-0.1, -0.05) is 19.9 Å². The van der Waals surface area contributed by atoms with E-state index in [2.05, 4.69) is 18.8 Å². The molecule has 1 heterocycles. The van der Waals surface area contributed by atoms with Crippen LogP contribution in [0.5, 0.6) is 0 Å². The number of hydrogen-bond acceptors (Lipinski definition) is 3. The van der Waals surface area contributed by atoms with E-state index in [1.807, 2.05) is 36.7 Å². The standard InChI is InChI=1S/C15H23N3O/c1-9(2)7-11(16)14(19)15-17-12-8-10(3)5-6-13(12)18(15)4/h5-6,8-9,11,14,19H,7,16H2,1-4H3/t11-,14?/m1/s1. The van der Waals surface area contributed by atoms with Crippen molar-refractivity contribution in [2.45, 2.75) is 39.3 Å². The molecule has 0 spiro atoms. The lowest BCUT2D eigenvalue weighted by molar-refractivity contribution is 0.124. The molecule has 19 heavy (non-hydrogen) atoms. The van der Waals surface area contributed by atoms with Crippen molar-refractivity contribution in [1.82, 2.24) is 9.55 Å². The maximum Gasteiger partial charge on any atom is 0.140 e. The van der Waals surface area contributed by atoms with E-state index in [9.17, 15) is 5.11 Å². The fourth-order valence-electron chi connectivity index (χ4n) is 2.46. The zero-order chi connectivity index (χ0) is 14.2. The fraction of sp³-hybridized carbons (Fsp3) is 0.533. The number of aromatic nitrogens is 2. The lowest BCUT2D eigenvalue weighted by atomic mass is 10.00. The number of rotatable bonds is 4. The number of aliphatic hydroxyl groups is 1. The summed E-state index contributed by atoms with van der Waals surface area (Å²) in [6.45, 7) is 6.24. The van der Waals surface area contributed by atoms with Gasteiger partial charge in [0.05, 0.1) is 11.0 Å². The maximum atomic E-state index is 10.4. The third kappa shape index (κ3) is 2.80. The summed E-state index contributed by atoms with van der Waals surface area (Å²) in [5, 5.41) is 10.4. The number of nitrogens with two attached hydrogens (primary N) is 1. The summed E-state index contributed by atoms with van der Waals surface area (Å²) in [5.41, 5.74) is 9.17. The molecule has 0 bridgehead atoms. The Balaban J connectivity index is 2.36. The molecular weight excluding hydrogens is 238 g/mol. The Hall–Kier alpha value is -1.39. The molecule has 3 N–H and O–H groups in total. The molecule has 104 valence electrons. The van der Waals surface area contributed by atoms with E-state index in [1.165, 1.54) is 0 Å². The van der Waals surface area contributed by atoms with Crippen molar-refractivity contribution in [2.75, 3.05) is 0 Å². The van der Waals surface area contributed by atoms with Gasteiger partial charge in [0.2, 0.25) is 0 Å². The SMILES string of the molecule is Cc1ccc2c(c1)nc(C(O)[C@H](N)CC(C)C)n2C.